The third-order valence-corrected chi connectivity index (χ3v) is 4.05. The van der Waals surface area contributed by atoms with Gasteiger partial charge < -0.3 is 9.47 Å². The van der Waals surface area contributed by atoms with Crippen molar-refractivity contribution >= 4 is 11.8 Å². The Hall–Kier alpha value is 0.230. The second-order valence-electron chi connectivity index (χ2n) is 4.09. The summed E-state index contributed by atoms with van der Waals surface area (Å²) >= 11 is 2.06. The summed E-state index contributed by atoms with van der Waals surface area (Å²) in [5.74, 6) is 2.52. The van der Waals surface area contributed by atoms with Crippen LogP contribution in [-0.2, 0) is 9.47 Å². The van der Waals surface area contributed by atoms with Crippen LogP contribution >= 0.6 is 11.8 Å². The molecule has 0 amide bonds. The maximum Gasteiger partial charge on any atom is 0.158 e. The molecule has 1 heterocycles. The lowest BCUT2D eigenvalue weighted by Gasteiger charge is -2.33. The van der Waals surface area contributed by atoms with E-state index in [4.69, 9.17) is 9.47 Å². The Balaban J connectivity index is 2.23. The summed E-state index contributed by atoms with van der Waals surface area (Å²) in [7, 11) is 0. The van der Waals surface area contributed by atoms with Crippen molar-refractivity contribution in [2.45, 2.75) is 39.5 Å². The Bertz CT molecular complexity index is 174. The normalized spacial score (nSPS) is 22.9. The largest absolute Gasteiger partial charge is 0.353 e. The summed E-state index contributed by atoms with van der Waals surface area (Å²) in [6, 6.07) is 0.697. The van der Waals surface area contributed by atoms with E-state index in [0.29, 0.717) is 6.04 Å². The molecule has 0 aromatic rings. The van der Waals surface area contributed by atoms with E-state index in [2.05, 4.69) is 23.6 Å². The van der Waals surface area contributed by atoms with Crippen molar-refractivity contribution in [3.63, 3.8) is 0 Å². The van der Waals surface area contributed by atoms with Crippen molar-refractivity contribution < 1.29 is 9.47 Å². The molecular formula is C12H25NO2S. The fourth-order valence-corrected chi connectivity index (χ4v) is 3.03. The van der Waals surface area contributed by atoms with Gasteiger partial charge in [-0.15, -0.1) is 0 Å². The Morgan fingerprint density at radius 2 is 2.00 bits per heavy atom. The molecule has 0 spiro atoms. The lowest BCUT2D eigenvalue weighted by molar-refractivity contribution is -0.142. The Morgan fingerprint density at radius 3 is 2.56 bits per heavy atom. The van der Waals surface area contributed by atoms with Gasteiger partial charge in [0.05, 0.1) is 0 Å². The van der Waals surface area contributed by atoms with Crippen molar-refractivity contribution in [2.75, 3.05) is 37.8 Å². The molecule has 4 heteroatoms. The van der Waals surface area contributed by atoms with E-state index < -0.39 is 0 Å². The molecule has 0 aromatic heterocycles. The van der Waals surface area contributed by atoms with Crippen molar-refractivity contribution in [3.8, 4) is 0 Å². The Labute approximate surface area is 104 Å². The zero-order chi connectivity index (χ0) is 11.8. The number of nitrogens with zero attached hydrogens (tertiary/aromatic N) is 1. The molecule has 16 heavy (non-hydrogen) atoms. The molecule has 96 valence electrons. The average Bonchev–Trinajstić information content (AvgIpc) is 2.28. The summed E-state index contributed by atoms with van der Waals surface area (Å²) in [5.41, 5.74) is 0. The van der Waals surface area contributed by atoms with E-state index in [1.54, 1.807) is 0 Å². The summed E-state index contributed by atoms with van der Waals surface area (Å²) in [6.45, 7) is 10.1. The number of hydrogen-bond acceptors (Lipinski definition) is 4. The zero-order valence-corrected chi connectivity index (χ0v) is 11.6. The molecule has 0 radical (unpaired) electrons. The minimum Gasteiger partial charge on any atom is -0.353 e. The first-order valence-corrected chi connectivity index (χ1v) is 7.48. The Kier molecular flexibility index (Phi) is 7.45. The Morgan fingerprint density at radius 1 is 1.31 bits per heavy atom. The van der Waals surface area contributed by atoms with Crippen molar-refractivity contribution in [3.05, 3.63) is 0 Å². The molecule has 0 bridgehead atoms. The quantitative estimate of drug-likeness (QED) is 0.643. The van der Waals surface area contributed by atoms with Crippen LogP contribution in [0.2, 0.25) is 0 Å². The van der Waals surface area contributed by atoms with Crippen LogP contribution in [-0.4, -0.2) is 55.0 Å². The molecular weight excluding hydrogens is 222 g/mol. The topological polar surface area (TPSA) is 21.7 Å². The maximum absolute atomic E-state index is 5.55. The van der Waals surface area contributed by atoms with E-state index in [0.717, 1.165) is 26.2 Å². The lowest BCUT2D eigenvalue weighted by Crippen LogP contribution is -2.42. The summed E-state index contributed by atoms with van der Waals surface area (Å²) < 4.78 is 11.1. The first-order chi connectivity index (χ1) is 7.77. The van der Waals surface area contributed by atoms with Crippen LogP contribution in [0, 0.1) is 0 Å². The van der Waals surface area contributed by atoms with Gasteiger partial charge in [-0.3, -0.25) is 4.90 Å². The average molecular weight is 247 g/mol. The van der Waals surface area contributed by atoms with Crippen LogP contribution in [0.5, 0.6) is 0 Å². The molecule has 0 saturated carbocycles. The molecule has 1 rings (SSSR count). The highest BCUT2D eigenvalue weighted by atomic mass is 32.2. The van der Waals surface area contributed by atoms with Gasteiger partial charge in [0.15, 0.2) is 6.29 Å². The highest BCUT2D eigenvalue weighted by Crippen LogP contribution is 2.16. The van der Waals surface area contributed by atoms with Gasteiger partial charge in [0.1, 0.15) is 0 Å². The van der Waals surface area contributed by atoms with Crippen LogP contribution in [0.25, 0.3) is 0 Å². The van der Waals surface area contributed by atoms with E-state index in [1.807, 2.05) is 13.8 Å². The first-order valence-electron chi connectivity index (χ1n) is 6.32. The van der Waals surface area contributed by atoms with Crippen LogP contribution in [0.4, 0.5) is 0 Å². The highest BCUT2D eigenvalue weighted by Gasteiger charge is 2.19. The minimum atomic E-state index is -0.0169. The molecule has 1 unspecified atom stereocenters. The van der Waals surface area contributed by atoms with Crippen LogP contribution in [0.1, 0.15) is 27.2 Å². The second kappa shape index (κ2) is 8.34. The third kappa shape index (κ3) is 5.04. The zero-order valence-electron chi connectivity index (χ0n) is 10.8. The van der Waals surface area contributed by atoms with Crippen molar-refractivity contribution in [2.24, 2.45) is 0 Å². The smallest absolute Gasteiger partial charge is 0.158 e. The van der Waals surface area contributed by atoms with E-state index in [9.17, 15) is 0 Å². The summed E-state index contributed by atoms with van der Waals surface area (Å²) in [5, 5.41) is 0. The fourth-order valence-electron chi connectivity index (χ4n) is 1.95. The first kappa shape index (κ1) is 14.3. The van der Waals surface area contributed by atoms with Crippen LogP contribution in [0.15, 0.2) is 0 Å². The molecule has 1 atom stereocenters. The van der Waals surface area contributed by atoms with E-state index in [1.165, 1.54) is 18.1 Å². The van der Waals surface area contributed by atoms with Gasteiger partial charge >= 0.3 is 0 Å². The van der Waals surface area contributed by atoms with Gasteiger partial charge in [-0.1, -0.05) is 0 Å². The molecule has 3 nitrogen and oxygen atoms in total. The number of ether oxygens (including phenoxy) is 2. The number of thioether (sulfide) groups is 1. The van der Waals surface area contributed by atoms with Crippen molar-refractivity contribution in [1.29, 1.82) is 0 Å². The van der Waals surface area contributed by atoms with E-state index in [-0.39, 0.29) is 6.29 Å². The van der Waals surface area contributed by atoms with Crippen LogP contribution in [0.3, 0.4) is 0 Å². The summed E-state index contributed by atoms with van der Waals surface area (Å²) in [4.78, 5) is 2.54. The van der Waals surface area contributed by atoms with Gasteiger partial charge in [0.2, 0.25) is 0 Å². The maximum atomic E-state index is 5.55. The predicted molar refractivity (Wildman–Crippen MR) is 70.0 cm³/mol. The van der Waals surface area contributed by atoms with Gasteiger partial charge in [-0.05, 0) is 20.8 Å². The van der Waals surface area contributed by atoms with Gasteiger partial charge in [0, 0.05) is 50.3 Å². The molecule has 0 aromatic carbocycles. The van der Waals surface area contributed by atoms with Gasteiger partial charge in [0.25, 0.3) is 0 Å². The molecule has 1 fully saturated rings. The minimum absolute atomic E-state index is 0.0169. The van der Waals surface area contributed by atoms with Crippen molar-refractivity contribution in [1.82, 2.24) is 4.90 Å². The lowest BCUT2D eigenvalue weighted by atomic mass is 10.2. The molecule has 0 aliphatic carbocycles. The third-order valence-electron chi connectivity index (χ3n) is 2.86. The van der Waals surface area contributed by atoms with Crippen LogP contribution < -0.4 is 0 Å². The van der Waals surface area contributed by atoms with Gasteiger partial charge in [-0.25, -0.2) is 0 Å². The fraction of sp³-hybridized carbons (Fsp3) is 1.00. The molecule has 0 N–H and O–H groups in total. The predicted octanol–water partition coefficient (Wildman–Crippen LogP) is 2.21. The monoisotopic (exact) mass is 247 g/mol. The highest BCUT2D eigenvalue weighted by molar-refractivity contribution is 7.99. The molecule has 1 aliphatic heterocycles. The number of rotatable bonds is 7. The molecule has 1 saturated heterocycles. The van der Waals surface area contributed by atoms with E-state index >= 15 is 0 Å². The second-order valence-corrected chi connectivity index (χ2v) is 5.24. The molecule has 1 aliphatic rings. The SMILES string of the molecule is CCOC(CCN1CCSCC1C)OCC. The summed E-state index contributed by atoms with van der Waals surface area (Å²) in [6.07, 6.45) is 0.966. The standard InChI is InChI=1S/C12H25NO2S/c1-4-14-12(15-5-2)6-7-13-8-9-16-10-11(13)3/h11-12H,4-10H2,1-3H3. The number of hydrogen-bond donors (Lipinski definition) is 0. The van der Waals surface area contributed by atoms with Gasteiger partial charge in [-0.2, -0.15) is 11.8 Å².